The SMILES string of the molecule is CC(C)C(C)N(C)C.CCC.CCC(C)C(C(CC(=O)N1CCCC1C(OC)C(C)C)OC)N(C)C(=O)CNC=O.NC(=O)C(Cc1ccccc1)NC=O. The molecule has 0 spiro atoms. The number of carbonyl (C=O) groups excluding carboxylic acids is 5. The summed E-state index contributed by atoms with van der Waals surface area (Å²) in [5.74, 6) is 0.511. The highest BCUT2D eigenvalue weighted by molar-refractivity contribution is 5.82. The number of rotatable bonds is 20. The zero-order valence-corrected chi connectivity index (χ0v) is 36.7. The fourth-order valence-corrected chi connectivity index (χ4v) is 6.38. The minimum Gasteiger partial charge on any atom is -0.379 e. The van der Waals surface area contributed by atoms with Gasteiger partial charge in [-0.05, 0) is 57.2 Å². The average molecular weight is 779 g/mol. The van der Waals surface area contributed by atoms with Gasteiger partial charge in [-0.25, -0.2) is 0 Å². The molecule has 0 radical (unpaired) electrons. The number of amides is 5. The van der Waals surface area contributed by atoms with Crippen LogP contribution in [0.15, 0.2) is 30.3 Å². The van der Waals surface area contributed by atoms with Gasteiger partial charge in [0.05, 0.1) is 37.3 Å². The number of nitrogens with zero attached hydrogens (tertiary/aromatic N) is 3. The summed E-state index contributed by atoms with van der Waals surface area (Å²) >= 11 is 0. The third-order valence-corrected chi connectivity index (χ3v) is 10.1. The number of benzene rings is 1. The van der Waals surface area contributed by atoms with Crippen LogP contribution in [0, 0.1) is 17.8 Å². The molecule has 0 bridgehead atoms. The molecule has 1 aromatic rings. The first-order valence-electron chi connectivity index (χ1n) is 19.9. The Labute approximate surface area is 333 Å². The second-order valence-corrected chi connectivity index (χ2v) is 15.2. The van der Waals surface area contributed by atoms with E-state index in [9.17, 15) is 24.0 Å². The Morgan fingerprint density at radius 2 is 1.51 bits per heavy atom. The summed E-state index contributed by atoms with van der Waals surface area (Å²) in [6, 6.07) is 9.25. The molecule has 1 fully saturated rings. The minimum absolute atomic E-state index is 0.00137. The van der Waals surface area contributed by atoms with Crippen LogP contribution in [0.3, 0.4) is 0 Å². The van der Waals surface area contributed by atoms with Gasteiger partial charge in [0.15, 0.2) is 0 Å². The number of primary amides is 1. The number of likely N-dealkylation sites (N-methyl/N-ethyl adjacent to an activating group) is 1. The van der Waals surface area contributed by atoms with E-state index in [-0.39, 0.29) is 48.9 Å². The first-order chi connectivity index (χ1) is 25.9. The number of nitrogens with one attached hydrogen (secondary N) is 2. The Balaban J connectivity index is 0. The number of nitrogens with two attached hydrogens (primary N) is 1. The molecule has 2 rings (SSSR count). The summed E-state index contributed by atoms with van der Waals surface area (Å²) in [6.45, 7) is 19.9. The van der Waals surface area contributed by atoms with E-state index >= 15 is 0 Å². The van der Waals surface area contributed by atoms with E-state index in [1.165, 1.54) is 6.42 Å². The largest absolute Gasteiger partial charge is 0.379 e. The fourth-order valence-electron chi connectivity index (χ4n) is 6.38. The second-order valence-electron chi connectivity index (χ2n) is 15.2. The van der Waals surface area contributed by atoms with E-state index in [2.05, 4.69) is 91.9 Å². The zero-order valence-electron chi connectivity index (χ0n) is 36.7. The van der Waals surface area contributed by atoms with Crippen LogP contribution in [-0.2, 0) is 39.9 Å². The van der Waals surface area contributed by atoms with Gasteiger partial charge in [-0.2, -0.15) is 0 Å². The molecule has 0 aromatic heterocycles. The second kappa shape index (κ2) is 30.6. The summed E-state index contributed by atoms with van der Waals surface area (Å²) in [7, 11) is 9.23. The zero-order chi connectivity index (χ0) is 42.7. The summed E-state index contributed by atoms with van der Waals surface area (Å²) in [5, 5.41) is 4.79. The molecule has 1 aromatic carbocycles. The van der Waals surface area contributed by atoms with Crippen molar-refractivity contribution in [3.05, 3.63) is 35.9 Å². The summed E-state index contributed by atoms with van der Waals surface area (Å²) in [5.41, 5.74) is 6.07. The predicted molar refractivity (Wildman–Crippen MR) is 222 cm³/mol. The molecule has 55 heavy (non-hydrogen) atoms. The van der Waals surface area contributed by atoms with Crippen LogP contribution in [0.2, 0.25) is 0 Å². The highest BCUT2D eigenvalue weighted by Crippen LogP contribution is 2.28. The van der Waals surface area contributed by atoms with Crippen molar-refractivity contribution in [1.29, 1.82) is 0 Å². The van der Waals surface area contributed by atoms with Gasteiger partial charge in [-0.15, -0.1) is 0 Å². The van der Waals surface area contributed by atoms with E-state index < -0.39 is 18.1 Å². The summed E-state index contributed by atoms with van der Waals surface area (Å²) < 4.78 is 11.5. The van der Waals surface area contributed by atoms with Crippen LogP contribution in [0.1, 0.15) is 100.0 Å². The van der Waals surface area contributed by atoms with Gasteiger partial charge in [-0.1, -0.05) is 98.6 Å². The number of ether oxygens (including phenoxy) is 2. The van der Waals surface area contributed by atoms with Crippen LogP contribution in [-0.4, -0.2) is 130 Å². The Hall–Kier alpha value is -3.55. The number of likely N-dealkylation sites (tertiary alicyclic amines) is 1. The van der Waals surface area contributed by atoms with Crippen molar-refractivity contribution in [2.24, 2.45) is 23.5 Å². The van der Waals surface area contributed by atoms with Crippen molar-refractivity contribution in [1.82, 2.24) is 25.3 Å². The van der Waals surface area contributed by atoms with Crippen LogP contribution in [0.5, 0.6) is 0 Å². The van der Waals surface area contributed by atoms with Crippen LogP contribution in [0.4, 0.5) is 0 Å². The first kappa shape index (κ1) is 53.6. The Morgan fingerprint density at radius 3 is 1.91 bits per heavy atom. The van der Waals surface area contributed by atoms with Crippen molar-refractivity contribution >= 4 is 30.5 Å². The molecule has 7 atom stereocenters. The van der Waals surface area contributed by atoms with Crippen molar-refractivity contribution < 1.29 is 33.4 Å². The lowest BCUT2D eigenvalue weighted by molar-refractivity contribution is -0.144. The number of methoxy groups -OCH3 is 2. The van der Waals surface area contributed by atoms with Crippen molar-refractivity contribution in [3.8, 4) is 0 Å². The van der Waals surface area contributed by atoms with Crippen LogP contribution >= 0.6 is 0 Å². The molecule has 318 valence electrons. The average Bonchev–Trinajstić information content (AvgIpc) is 3.63. The lowest BCUT2D eigenvalue weighted by atomic mass is 9.90. The standard InChI is InChI=1S/C22H41N3O5.C10H12N2O2.C7H17N.C3H8/c1-8-16(4)21(24(5)20(28)13-23-14-26)18(29-6)12-19(27)25-11-9-10-17(25)22(30-7)15(2)3;11-10(14)9(12-7-13)6-8-4-2-1-3-5-8;1-6(2)7(3)8(4)5;1-3-2/h14-18,21-22H,8-13H2,1-7H3,(H,23,26);1-5,7,9H,6H2,(H2,11,14)(H,12,13);6-7H,1-5H3;3H2,1-2H3. The molecule has 4 N–H and O–H groups in total. The third kappa shape index (κ3) is 20.8. The molecular weight excluding hydrogens is 700 g/mol. The smallest absolute Gasteiger partial charge is 0.242 e. The lowest BCUT2D eigenvalue weighted by Gasteiger charge is -2.39. The highest BCUT2D eigenvalue weighted by Gasteiger charge is 2.39. The number of hydrogen-bond donors (Lipinski definition) is 3. The van der Waals surface area contributed by atoms with Crippen molar-refractivity contribution in [2.75, 3.05) is 48.5 Å². The number of carbonyl (C=O) groups is 5. The van der Waals surface area contributed by atoms with Gasteiger partial charge in [0.1, 0.15) is 6.04 Å². The lowest BCUT2D eigenvalue weighted by Crippen LogP contribution is -2.53. The monoisotopic (exact) mass is 779 g/mol. The summed E-state index contributed by atoms with van der Waals surface area (Å²) in [4.78, 5) is 63.2. The normalized spacial score (nSPS) is 16.7. The molecule has 1 heterocycles. The van der Waals surface area contributed by atoms with Gasteiger partial charge >= 0.3 is 0 Å². The maximum Gasteiger partial charge on any atom is 0.242 e. The molecule has 1 aliphatic heterocycles. The molecule has 0 saturated carbocycles. The van der Waals surface area contributed by atoms with Crippen LogP contribution in [0.25, 0.3) is 0 Å². The van der Waals surface area contributed by atoms with Crippen molar-refractivity contribution in [2.45, 2.75) is 137 Å². The van der Waals surface area contributed by atoms with Crippen LogP contribution < -0.4 is 16.4 Å². The quantitative estimate of drug-likeness (QED) is 0.163. The topological polar surface area (TPSA) is 164 Å². The molecular formula is C42H78N6O7. The molecule has 13 heteroatoms. The predicted octanol–water partition coefficient (Wildman–Crippen LogP) is 4.51. The maximum absolute atomic E-state index is 13.3. The highest BCUT2D eigenvalue weighted by atomic mass is 16.5. The van der Waals surface area contributed by atoms with E-state index in [1.807, 2.05) is 35.2 Å². The number of hydrogen-bond acceptors (Lipinski definition) is 8. The summed E-state index contributed by atoms with van der Waals surface area (Å²) in [6.07, 6.45) is 5.18. The molecule has 0 aliphatic carbocycles. The Bertz CT molecular complexity index is 1180. The molecule has 13 nitrogen and oxygen atoms in total. The van der Waals surface area contributed by atoms with Gasteiger partial charge in [0.25, 0.3) is 0 Å². The van der Waals surface area contributed by atoms with Gasteiger partial charge in [0, 0.05) is 40.3 Å². The maximum atomic E-state index is 13.3. The minimum atomic E-state index is -0.630. The van der Waals surface area contributed by atoms with E-state index in [0.717, 1.165) is 37.3 Å². The van der Waals surface area contributed by atoms with E-state index in [0.29, 0.717) is 31.2 Å². The Kier molecular flexibility index (Phi) is 29.8. The third-order valence-electron chi connectivity index (χ3n) is 10.1. The Morgan fingerprint density at radius 1 is 0.927 bits per heavy atom. The molecule has 5 amide bonds. The van der Waals surface area contributed by atoms with Gasteiger partial charge in [0.2, 0.25) is 30.5 Å². The molecule has 1 saturated heterocycles. The fraction of sp³-hybridized carbons (Fsp3) is 0.738. The molecule has 1 aliphatic rings. The van der Waals surface area contributed by atoms with Gasteiger partial charge in [-0.3, -0.25) is 24.0 Å². The van der Waals surface area contributed by atoms with E-state index in [1.54, 1.807) is 26.2 Å². The van der Waals surface area contributed by atoms with E-state index in [4.69, 9.17) is 15.2 Å². The van der Waals surface area contributed by atoms with Crippen molar-refractivity contribution in [3.63, 3.8) is 0 Å². The first-order valence-corrected chi connectivity index (χ1v) is 19.9. The molecule has 7 unspecified atom stereocenters. The van der Waals surface area contributed by atoms with Gasteiger partial charge < -0.3 is 40.5 Å².